The Morgan fingerprint density at radius 3 is 2.77 bits per heavy atom. The van der Waals surface area contributed by atoms with E-state index in [0.717, 1.165) is 14.9 Å². The predicted octanol–water partition coefficient (Wildman–Crippen LogP) is 4.37. The van der Waals surface area contributed by atoms with Crippen molar-refractivity contribution < 1.29 is 28.3 Å². The fraction of sp³-hybridized carbons (Fsp3) is 0.120. The minimum Gasteiger partial charge on any atom is -0.488 e. The summed E-state index contributed by atoms with van der Waals surface area (Å²) in [4.78, 5) is 37.9. The van der Waals surface area contributed by atoms with Crippen molar-refractivity contribution in [2.24, 2.45) is 0 Å². The third kappa shape index (κ3) is 5.26. The number of amides is 3. The van der Waals surface area contributed by atoms with E-state index >= 15 is 0 Å². The van der Waals surface area contributed by atoms with E-state index in [-0.39, 0.29) is 30.4 Å². The maximum absolute atomic E-state index is 12.9. The van der Waals surface area contributed by atoms with Crippen molar-refractivity contribution in [3.05, 3.63) is 93.0 Å². The Labute approximate surface area is 208 Å². The number of methoxy groups -OCH3 is 1. The van der Waals surface area contributed by atoms with Crippen LogP contribution in [0.5, 0.6) is 5.75 Å². The summed E-state index contributed by atoms with van der Waals surface area (Å²) in [5.74, 6) is -0.542. The number of halogens is 1. The third-order valence-corrected chi connectivity index (χ3v) is 5.61. The minimum atomic E-state index is -0.659. The number of carbonyl (C=O) groups excluding carboxylic acids is 3. The molecule has 0 radical (unpaired) electrons. The van der Waals surface area contributed by atoms with E-state index < -0.39 is 17.9 Å². The Balaban J connectivity index is 1.54. The first-order valence-corrected chi connectivity index (χ1v) is 11.1. The molecule has 10 heteroatoms. The lowest BCUT2D eigenvalue weighted by Gasteiger charge is -2.11. The monoisotopic (exact) mass is 535 g/mol. The first-order valence-electron chi connectivity index (χ1n) is 10.3. The highest BCUT2D eigenvalue weighted by Crippen LogP contribution is 2.28. The third-order valence-electron chi connectivity index (χ3n) is 5.12. The van der Waals surface area contributed by atoms with Crippen molar-refractivity contribution in [1.82, 2.24) is 10.2 Å². The normalized spacial score (nSPS) is 14.1. The largest absolute Gasteiger partial charge is 0.488 e. The molecule has 3 aromatic rings. The second-order valence-corrected chi connectivity index (χ2v) is 8.29. The van der Waals surface area contributed by atoms with Gasteiger partial charge in [0.2, 0.25) is 5.76 Å². The van der Waals surface area contributed by atoms with E-state index in [1.807, 2.05) is 6.07 Å². The molecule has 0 saturated carbocycles. The van der Waals surface area contributed by atoms with Gasteiger partial charge in [0.15, 0.2) is 0 Å². The second-order valence-electron chi connectivity index (χ2n) is 7.38. The Hall–Kier alpha value is -4.36. The summed E-state index contributed by atoms with van der Waals surface area (Å²) >= 11 is 3.41. The molecule has 1 aliphatic rings. The molecule has 1 N–H and O–H groups in total. The molecule has 0 bridgehead atoms. The van der Waals surface area contributed by atoms with Crippen molar-refractivity contribution in [2.45, 2.75) is 13.2 Å². The molecule has 9 nitrogen and oxygen atoms in total. The number of nitrogens with one attached hydrogen (secondary N) is 1. The average Bonchev–Trinajstić information content (AvgIpc) is 3.43. The number of carbonyl (C=O) groups is 3. The van der Waals surface area contributed by atoms with E-state index in [4.69, 9.17) is 9.15 Å². The Morgan fingerprint density at radius 1 is 1.20 bits per heavy atom. The van der Waals surface area contributed by atoms with Crippen molar-refractivity contribution in [3.63, 3.8) is 0 Å². The van der Waals surface area contributed by atoms with E-state index in [1.165, 1.54) is 25.3 Å². The predicted molar refractivity (Wildman–Crippen MR) is 127 cm³/mol. The lowest BCUT2D eigenvalue weighted by molar-refractivity contribution is -0.123. The fourth-order valence-corrected chi connectivity index (χ4v) is 3.75. The van der Waals surface area contributed by atoms with Crippen molar-refractivity contribution >= 4 is 39.9 Å². The molecule has 0 spiro atoms. The number of esters is 1. The van der Waals surface area contributed by atoms with Gasteiger partial charge in [0.05, 0.1) is 25.3 Å². The number of hydrogen-bond acceptors (Lipinski definition) is 7. The molecule has 1 aromatic heterocycles. The Bertz CT molecular complexity index is 1390. The molecule has 2 aromatic carbocycles. The van der Waals surface area contributed by atoms with Crippen LogP contribution in [0.4, 0.5) is 4.79 Å². The number of imide groups is 1. The van der Waals surface area contributed by atoms with Gasteiger partial charge in [0.25, 0.3) is 5.91 Å². The Morgan fingerprint density at radius 2 is 2.00 bits per heavy atom. The molecule has 35 heavy (non-hydrogen) atoms. The van der Waals surface area contributed by atoms with Gasteiger partial charge in [0, 0.05) is 15.6 Å². The second kappa shape index (κ2) is 10.3. The van der Waals surface area contributed by atoms with Crippen molar-refractivity contribution in [1.29, 1.82) is 5.26 Å². The van der Waals surface area contributed by atoms with Crippen LogP contribution < -0.4 is 10.1 Å². The standard InChI is InChI=1S/C25H18BrN3O6/c1-33-24(31)22-9-7-19(35-22)13-29-23(30)20(28-25(29)32)11-17-10-18(26)6-8-21(17)34-14-16-5-3-2-4-15(16)12-27/h2-11H,13-14H2,1H3,(H,28,32)/b20-11-. The number of ether oxygens (including phenoxy) is 2. The zero-order valence-electron chi connectivity index (χ0n) is 18.4. The number of rotatable bonds is 7. The number of benzene rings is 2. The smallest absolute Gasteiger partial charge is 0.373 e. The van der Waals surface area contributed by atoms with Gasteiger partial charge in [0.1, 0.15) is 23.8 Å². The zero-order valence-corrected chi connectivity index (χ0v) is 20.0. The summed E-state index contributed by atoms with van der Waals surface area (Å²) in [7, 11) is 1.22. The zero-order chi connectivity index (χ0) is 24.9. The highest BCUT2D eigenvalue weighted by molar-refractivity contribution is 9.10. The lowest BCUT2D eigenvalue weighted by Crippen LogP contribution is -2.30. The van der Waals surface area contributed by atoms with E-state index in [9.17, 15) is 19.6 Å². The van der Waals surface area contributed by atoms with Crippen LogP contribution in [0, 0.1) is 11.3 Å². The molecular formula is C25H18BrN3O6. The highest BCUT2D eigenvalue weighted by Gasteiger charge is 2.34. The summed E-state index contributed by atoms with van der Waals surface area (Å²) in [6.45, 7) is -0.0131. The summed E-state index contributed by atoms with van der Waals surface area (Å²) in [6.07, 6.45) is 1.51. The number of furan rings is 1. The lowest BCUT2D eigenvalue weighted by atomic mass is 10.1. The summed E-state index contributed by atoms with van der Waals surface area (Å²) in [5, 5.41) is 11.8. The Kier molecular flexibility index (Phi) is 6.98. The molecule has 4 rings (SSSR count). The molecule has 0 atom stereocenters. The molecule has 3 amide bonds. The minimum absolute atomic E-state index is 0.0285. The van der Waals surface area contributed by atoms with Crippen LogP contribution in [-0.4, -0.2) is 29.9 Å². The van der Waals surface area contributed by atoms with E-state index in [2.05, 4.69) is 32.1 Å². The molecule has 1 saturated heterocycles. The van der Waals surface area contributed by atoms with Crippen LogP contribution in [0.1, 0.15) is 33.0 Å². The van der Waals surface area contributed by atoms with Gasteiger partial charge < -0.3 is 19.2 Å². The maximum atomic E-state index is 12.9. The van der Waals surface area contributed by atoms with Gasteiger partial charge >= 0.3 is 12.0 Å². The summed E-state index contributed by atoms with van der Waals surface area (Å²) in [6, 6.07) is 16.8. The van der Waals surface area contributed by atoms with Gasteiger partial charge in [-0.2, -0.15) is 5.26 Å². The number of nitriles is 1. The topological polar surface area (TPSA) is 122 Å². The molecule has 176 valence electrons. The SMILES string of the molecule is COC(=O)c1ccc(CN2C(=O)N/C(=C\c3cc(Br)ccc3OCc3ccccc3C#N)C2=O)o1. The molecule has 0 aliphatic carbocycles. The van der Waals surface area contributed by atoms with Gasteiger partial charge in [-0.25, -0.2) is 9.59 Å². The van der Waals surface area contributed by atoms with Crippen LogP contribution in [0.3, 0.4) is 0 Å². The molecule has 1 fully saturated rings. The molecule has 0 unspecified atom stereocenters. The highest BCUT2D eigenvalue weighted by atomic mass is 79.9. The van der Waals surface area contributed by atoms with Crippen LogP contribution in [0.15, 0.2) is 69.2 Å². The quantitative estimate of drug-likeness (QED) is 0.270. The summed E-state index contributed by atoms with van der Waals surface area (Å²) < 4.78 is 16.6. The van der Waals surface area contributed by atoms with Gasteiger partial charge in [-0.1, -0.05) is 34.1 Å². The van der Waals surface area contributed by atoms with Gasteiger partial charge in [-0.15, -0.1) is 0 Å². The molecular weight excluding hydrogens is 518 g/mol. The van der Waals surface area contributed by atoms with Gasteiger partial charge in [-0.3, -0.25) is 9.69 Å². The summed E-state index contributed by atoms with van der Waals surface area (Å²) in [5.41, 5.74) is 1.82. The van der Waals surface area contributed by atoms with Crippen LogP contribution in [0.2, 0.25) is 0 Å². The van der Waals surface area contributed by atoms with Crippen molar-refractivity contribution in [2.75, 3.05) is 7.11 Å². The van der Waals surface area contributed by atoms with Gasteiger partial charge in [-0.05, 0) is 42.5 Å². The first-order chi connectivity index (χ1) is 16.9. The van der Waals surface area contributed by atoms with E-state index in [0.29, 0.717) is 16.9 Å². The molecule has 1 aliphatic heterocycles. The van der Waals surface area contributed by atoms with E-state index in [1.54, 1.807) is 36.4 Å². The maximum Gasteiger partial charge on any atom is 0.373 e. The van der Waals surface area contributed by atoms with Crippen molar-refractivity contribution in [3.8, 4) is 11.8 Å². The number of hydrogen-bond donors (Lipinski definition) is 1. The average molecular weight is 536 g/mol. The first kappa shape index (κ1) is 23.8. The number of nitrogens with zero attached hydrogens (tertiary/aromatic N) is 2. The van der Waals surface area contributed by atoms with Crippen LogP contribution in [-0.2, 0) is 22.7 Å². The van der Waals surface area contributed by atoms with Crippen LogP contribution >= 0.6 is 15.9 Å². The van der Waals surface area contributed by atoms with Crippen LogP contribution in [0.25, 0.3) is 6.08 Å². The number of urea groups is 1. The molecule has 2 heterocycles. The fourth-order valence-electron chi connectivity index (χ4n) is 3.37.